The topological polar surface area (TPSA) is 77.1 Å². The van der Waals surface area contributed by atoms with Gasteiger partial charge >= 0.3 is 0 Å². The normalized spacial score (nSPS) is 13.8. The molecule has 3 rings (SSSR count). The van der Waals surface area contributed by atoms with E-state index in [2.05, 4.69) is 0 Å². The first-order valence-electron chi connectivity index (χ1n) is 7.93. The number of benzene rings is 2. The van der Waals surface area contributed by atoms with Crippen LogP contribution in [0, 0.1) is 0 Å². The summed E-state index contributed by atoms with van der Waals surface area (Å²) < 4.78 is 21.7. The van der Waals surface area contributed by atoms with Crippen molar-refractivity contribution in [3.63, 3.8) is 0 Å². The van der Waals surface area contributed by atoms with Crippen molar-refractivity contribution in [1.82, 2.24) is 0 Å². The highest BCUT2D eigenvalue weighted by Gasteiger charge is 2.20. The van der Waals surface area contributed by atoms with Crippen LogP contribution in [0.25, 0.3) is 0 Å². The summed E-state index contributed by atoms with van der Waals surface area (Å²) in [4.78, 5) is 11.3. The summed E-state index contributed by atoms with van der Waals surface area (Å²) in [6, 6.07) is 10.8. The van der Waals surface area contributed by atoms with Crippen molar-refractivity contribution in [3.8, 4) is 23.0 Å². The average Bonchev–Trinajstić information content (AvgIpc) is 2.65. The molecule has 0 aliphatic carbocycles. The lowest BCUT2D eigenvalue weighted by molar-refractivity contribution is -0.305. The van der Waals surface area contributed by atoms with E-state index >= 15 is 0 Å². The summed E-state index contributed by atoms with van der Waals surface area (Å²) in [5.41, 5.74) is 1.60. The highest BCUT2D eigenvalue weighted by Crippen LogP contribution is 2.38. The van der Waals surface area contributed by atoms with Crippen molar-refractivity contribution in [2.75, 3.05) is 27.4 Å². The Hall–Kier alpha value is -2.89. The minimum atomic E-state index is -1.13. The van der Waals surface area contributed by atoms with E-state index in [9.17, 15) is 9.90 Å². The lowest BCUT2D eigenvalue weighted by Gasteiger charge is -2.23. The van der Waals surface area contributed by atoms with Crippen LogP contribution in [0.4, 0.5) is 0 Å². The van der Waals surface area contributed by atoms with Crippen molar-refractivity contribution >= 4 is 5.97 Å². The summed E-state index contributed by atoms with van der Waals surface area (Å²) in [7, 11) is 3.09. The first kappa shape index (κ1) is 17.0. The second-order valence-electron chi connectivity index (χ2n) is 5.65. The van der Waals surface area contributed by atoms with Crippen molar-refractivity contribution in [3.05, 3.63) is 47.5 Å². The predicted octanol–water partition coefficient (Wildman–Crippen LogP) is 1.75. The molecular weight excluding hydrogens is 324 g/mol. The Morgan fingerprint density at radius 1 is 1.00 bits per heavy atom. The van der Waals surface area contributed by atoms with Gasteiger partial charge in [-0.25, -0.2) is 0 Å². The minimum Gasteiger partial charge on any atom is -0.550 e. The molecule has 0 saturated heterocycles. The van der Waals surface area contributed by atoms with Gasteiger partial charge in [0.1, 0.15) is 13.2 Å². The predicted molar refractivity (Wildman–Crippen MR) is 88.4 cm³/mol. The molecule has 0 bridgehead atoms. The fraction of sp³-hybridized carbons (Fsp3) is 0.316. The highest BCUT2D eigenvalue weighted by atomic mass is 16.6. The number of carboxylic acids is 1. The quantitative estimate of drug-likeness (QED) is 0.795. The zero-order chi connectivity index (χ0) is 17.8. The summed E-state index contributed by atoms with van der Waals surface area (Å²) in [5, 5.41) is 11.3. The van der Waals surface area contributed by atoms with E-state index in [4.69, 9.17) is 18.9 Å². The molecule has 1 aliphatic rings. The van der Waals surface area contributed by atoms with Crippen LogP contribution >= 0.6 is 0 Å². The van der Waals surface area contributed by atoms with Gasteiger partial charge in [-0.15, -0.1) is 0 Å². The number of methoxy groups -OCH3 is 2. The molecule has 1 aliphatic heterocycles. The maximum absolute atomic E-state index is 11.3. The molecule has 25 heavy (non-hydrogen) atoms. The molecule has 132 valence electrons. The van der Waals surface area contributed by atoms with Crippen LogP contribution in [0.2, 0.25) is 0 Å². The Morgan fingerprint density at radius 2 is 1.64 bits per heavy atom. The number of carboxylic acid groups (broad SMARTS) is 1. The van der Waals surface area contributed by atoms with Gasteiger partial charge in [-0.2, -0.15) is 0 Å². The van der Waals surface area contributed by atoms with Gasteiger partial charge in [0.15, 0.2) is 23.0 Å². The summed E-state index contributed by atoms with van der Waals surface area (Å²) >= 11 is 0. The molecule has 1 atom stereocenters. The van der Waals surface area contributed by atoms with Crippen LogP contribution < -0.4 is 24.1 Å². The number of fused-ring (bicyclic) bond motifs is 1. The van der Waals surface area contributed by atoms with Crippen LogP contribution in [0.5, 0.6) is 23.0 Å². The Labute approximate surface area is 145 Å². The lowest BCUT2D eigenvalue weighted by atomic mass is 9.88. The summed E-state index contributed by atoms with van der Waals surface area (Å²) in [5.74, 6) is 0.874. The highest BCUT2D eigenvalue weighted by molar-refractivity contribution is 5.67. The van der Waals surface area contributed by atoms with Crippen LogP contribution in [-0.2, 0) is 4.79 Å². The third-order valence-corrected chi connectivity index (χ3v) is 4.15. The summed E-state index contributed by atoms with van der Waals surface area (Å²) in [6.07, 6.45) is -0.158. The van der Waals surface area contributed by atoms with Gasteiger partial charge in [0.25, 0.3) is 0 Å². The van der Waals surface area contributed by atoms with Gasteiger partial charge in [0, 0.05) is 11.9 Å². The number of carbonyl (C=O) groups is 1. The number of rotatable bonds is 6. The fourth-order valence-electron chi connectivity index (χ4n) is 2.94. The number of ether oxygens (including phenoxy) is 4. The second-order valence-corrected chi connectivity index (χ2v) is 5.65. The number of hydrogen-bond acceptors (Lipinski definition) is 6. The van der Waals surface area contributed by atoms with Gasteiger partial charge in [-0.3, -0.25) is 0 Å². The number of carbonyl (C=O) groups excluding carboxylic acids is 1. The molecule has 1 heterocycles. The smallest absolute Gasteiger partial charge is 0.161 e. The molecule has 0 amide bonds. The standard InChI is InChI=1S/C19H20O6/c1-22-15-5-3-12(9-17(15)23-2)14(11-19(20)21)13-4-6-16-18(10-13)25-8-7-24-16/h3-6,9-10,14H,7-8,11H2,1-2H3,(H,20,21)/p-1/t14-/m0/s1. The van der Waals surface area contributed by atoms with E-state index in [1.807, 2.05) is 18.2 Å². The third-order valence-electron chi connectivity index (χ3n) is 4.15. The van der Waals surface area contributed by atoms with E-state index in [0.717, 1.165) is 11.1 Å². The van der Waals surface area contributed by atoms with Gasteiger partial charge < -0.3 is 28.8 Å². The molecule has 0 N–H and O–H groups in total. The minimum absolute atomic E-state index is 0.158. The van der Waals surface area contributed by atoms with Crippen molar-refractivity contribution in [2.45, 2.75) is 12.3 Å². The van der Waals surface area contributed by atoms with Crippen LogP contribution in [0.3, 0.4) is 0 Å². The van der Waals surface area contributed by atoms with Gasteiger partial charge in [-0.05, 0) is 41.8 Å². The zero-order valence-electron chi connectivity index (χ0n) is 14.1. The Morgan fingerprint density at radius 3 is 2.32 bits per heavy atom. The molecule has 2 aromatic carbocycles. The zero-order valence-corrected chi connectivity index (χ0v) is 14.1. The monoisotopic (exact) mass is 343 g/mol. The first-order chi connectivity index (χ1) is 12.1. The maximum atomic E-state index is 11.3. The molecule has 0 radical (unpaired) electrons. The van der Waals surface area contributed by atoms with E-state index in [1.165, 1.54) is 0 Å². The molecule has 0 aromatic heterocycles. The van der Waals surface area contributed by atoms with Crippen LogP contribution in [0.1, 0.15) is 23.5 Å². The largest absolute Gasteiger partial charge is 0.550 e. The average molecular weight is 343 g/mol. The Bertz CT molecular complexity index is 731. The van der Waals surface area contributed by atoms with E-state index in [1.54, 1.807) is 32.4 Å². The van der Waals surface area contributed by atoms with Crippen LogP contribution in [-0.4, -0.2) is 33.4 Å². The van der Waals surface area contributed by atoms with Gasteiger partial charge in [0.05, 0.1) is 14.2 Å². The molecule has 0 fully saturated rings. The fourth-order valence-corrected chi connectivity index (χ4v) is 2.94. The second kappa shape index (κ2) is 7.34. The molecule has 0 saturated carbocycles. The van der Waals surface area contributed by atoms with E-state index < -0.39 is 11.9 Å². The maximum Gasteiger partial charge on any atom is 0.161 e. The molecule has 0 unspecified atom stereocenters. The molecule has 0 spiro atoms. The molecule has 2 aromatic rings. The molecule has 6 heteroatoms. The van der Waals surface area contributed by atoms with E-state index in [-0.39, 0.29) is 6.42 Å². The Balaban J connectivity index is 2.01. The van der Waals surface area contributed by atoms with Crippen molar-refractivity contribution in [2.24, 2.45) is 0 Å². The number of aliphatic carboxylic acids is 1. The van der Waals surface area contributed by atoms with Gasteiger partial charge in [-0.1, -0.05) is 12.1 Å². The lowest BCUT2D eigenvalue weighted by Crippen LogP contribution is -2.25. The molecule has 6 nitrogen and oxygen atoms in total. The number of hydrogen-bond donors (Lipinski definition) is 0. The molecular formula is C19H19O6-. The first-order valence-corrected chi connectivity index (χ1v) is 7.93. The summed E-state index contributed by atoms with van der Waals surface area (Å²) in [6.45, 7) is 0.975. The third kappa shape index (κ3) is 3.63. The SMILES string of the molecule is COc1ccc([C@H](CC(=O)[O-])c2ccc3c(c2)OCCO3)cc1OC. The van der Waals surface area contributed by atoms with Crippen molar-refractivity contribution in [1.29, 1.82) is 0 Å². The Kier molecular flexibility index (Phi) is 4.97. The van der Waals surface area contributed by atoms with E-state index in [0.29, 0.717) is 36.2 Å². The van der Waals surface area contributed by atoms with Crippen molar-refractivity contribution < 1.29 is 28.8 Å². The van der Waals surface area contributed by atoms with Gasteiger partial charge in [0.2, 0.25) is 0 Å². The van der Waals surface area contributed by atoms with Crippen LogP contribution in [0.15, 0.2) is 36.4 Å².